The van der Waals surface area contributed by atoms with Gasteiger partial charge in [-0.25, -0.2) is 0 Å². The first-order chi connectivity index (χ1) is 10.9. The van der Waals surface area contributed by atoms with Crippen molar-refractivity contribution < 1.29 is 27.1 Å². The minimum absolute atomic E-state index is 0.0479. The lowest BCUT2D eigenvalue weighted by atomic mass is 10.0. The monoisotopic (exact) mass is 323 g/mol. The second-order valence-corrected chi connectivity index (χ2v) is 4.79. The molecule has 0 saturated carbocycles. The van der Waals surface area contributed by atoms with E-state index in [1.54, 1.807) is 19.2 Å². The largest absolute Gasteiger partial charge is 0.504 e. The summed E-state index contributed by atoms with van der Waals surface area (Å²) in [6.45, 7) is 0. The van der Waals surface area contributed by atoms with E-state index in [0.717, 1.165) is 12.1 Å². The van der Waals surface area contributed by atoms with Crippen LogP contribution in [-0.2, 0) is 6.18 Å². The zero-order chi connectivity index (χ0) is 16.6. The van der Waals surface area contributed by atoms with Gasteiger partial charge in [0.05, 0.1) is 17.4 Å². The number of nitrogens with one attached hydrogen (secondary N) is 1. The van der Waals surface area contributed by atoms with Gasteiger partial charge in [-0.15, -0.1) is 0 Å². The Bertz CT molecular complexity index is 820. The van der Waals surface area contributed by atoms with Crippen LogP contribution in [0.3, 0.4) is 0 Å². The molecule has 0 radical (unpaired) electrons. The van der Waals surface area contributed by atoms with Gasteiger partial charge in [-0.2, -0.15) is 13.2 Å². The predicted octanol–water partition coefficient (Wildman–Crippen LogP) is 4.97. The van der Waals surface area contributed by atoms with Crippen molar-refractivity contribution in [3.63, 3.8) is 0 Å². The Labute approximate surface area is 129 Å². The third-order valence-electron chi connectivity index (χ3n) is 3.33. The van der Waals surface area contributed by atoms with E-state index in [9.17, 15) is 18.3 Å². The summed E-state index contributed by atoms with van der Waals surface area (Å²) >= 11 is 0. The molecule has 23 heavy (non-hydrogen) atoms. The zero-order valence-electron chi connectivity index (χ0n) is 11.9. The predicted molar refractivity (Wildman–Crippen MR) is 78.1 cm³/mol. The Hall–Kier alpha value is -2.83. The average Bonchev–Trinajstić information content (AvgIpc) is 3.13. The summed E-state index contributed by atoms with van der Waals surface area (Å²) in [6, 6.07) is 7.85. The molecule has 2 N–H and O–H groups in total. The molecule has 3 rings (SSSR count). The van der Waals surface area contributed by atoms with E-state index in [2.05, 4.69) is 5.32 Å². The Kier molecular flexibility index (Phi) is 3.55. The van der Waals surface area contributed by atoms with Gasteiger partial charge < -0.3 is 19.3 Å². The van der Waals surface area contributed by atoms with Crippen molar-refractivity contribution in [2.24, 2.45) is 0 Å². The lowest BCUT2D eigenvalue weighted by Gasteiger charge is -2.09. The molecule has 1 aromatic carbocycles. The van der Waals surface area contributed by atoms with Crippen LogP contribution in [0.25, 0.3) is 22.6 Å². The minimum atomic E-state index is -4.47. The van der Waals surface area contributed by atoms with Crippen LogP contribution in [0.1, 0.15) is 5.56 Å². The fraction of sp³-hybridized carbons (Fsp3) is 0.125. The molecule has 2 heterocycles. The van der Waals surface area contributed by atoms with Crippen molar-refractivity contribution in [1.82, 2.24) is 0 Å². The minimum Gasteiger partial charge on any atom is -0.504 e. The van der Waals surface area contributed by atoms with Crippen LogP contribution >= 0.6 is 0 Å². The van der Waals surface area contributed by atoms with Crippen LogP contribution in [0.4, 0.5) is 19.1 Å². The molecule has 0 spiro atoms. The molecule has 0 atom stereocenters. The van der Waals surface area contributed by atoms with E-state index in [-0.39, 0.29) is 34.3 Å². The lowest BCUT2D eigenvalue weighted by Crippen LogP contribution is -2.04. The fourth-order valence-electron chi connectivity index (χ4n) is 2.29. The summed E-state index contributed by atoms with van der Waals surface area (Å²) in [5.41, 5.74) is -0.481. The molecule has 3 aromatic rings. The van der Waals surface area contributed by atoms with Crippen molar-refractivity contribution >= 4 is 5.88 Å². The number of hydrogen-bond donors (Lipinski definition) is 2. The molecule has 120 valence electrons. The standard InChI is InChI=1S/C16H12F3NO3/c1-20-15-12(9-4-2-5-10(8-9)16(17,18)19)13(21)14(23-15)11-6-3-7-22-11/h2-8,20-21H,1H3. The Morgan fingerprint density at radius 2 is 1.91 bits per heavy atom. The maximum atomic E-state index is 12.9. The van der Waals surface area contributed by atoms with Crippen LogP contribution in [0.2, 0.25) is 0 Å². The van der Waals surface area contributed by atoms with E-state index in [4.69, 9.17) is 8.83 Å². The molecule has 2 aromatic heterocycles. The van der Waals surface area contributed by atoms with Gasteiger partial charge in [-0.05, 0) is 29.8 Å². The summed E-state index contributed by atoms with van der Waals surface area (Å²) in [4.78, 5) is 0. The number of hydrogen-bond acceptors (Lipinski definition) is 4. The highest BCUT2D eigenvalue weighted by Gasteiger charge is 2.31. The molecule has 0 amide bonds. The van der Waals surface area contributed by atoms with Gasteiger partial charge >= 0.3 is 6.18 Å². The lowest BCUT2D eigenvalue weighted by molar-refractivity contribution is -0.137. The summed E-state index contributed by atoms with van der Waals surface area (Å²) in [5, 5.41) is 13.1. The number of aromatic hydroxyl groups is 1. The van der Waals surface area contributed by atoms with Gasteiger partial charge in [-0.3, -0.25) is 0 Å². The maximum Gasteiger partial charge on any atom is 0.416 e. The van der Waals surface area contributed by atoms with E-state index >= 15 is 0 Å². The van der Waals surface area contributed by atoms with Crippen LogP contribution in [0.15, 0.2) is 51.5 Å². The van der Waals surface area contributed by atoms with E-state index < -0.39 is 11.7 Å². The van der Waals surface area contributed by atoms with E-state index in [1.807, 2.05) is 0 Å². The molecule has 7 heteroatoms. The molecular weight excluding hydrogens is 311 g/mol. The summed E-state index contributed by atoms with van der Waals surface area (Å²) < 4.78 is 49.3. The number of alkyl halides is 3. The van der Waals surface area contributed by atoms with E-state index in [1.165, 1.54) is 18.4 Å². The zero-order valence-corrected chi connectivity index (χ0v) is 11.9. The SMILES string of the molecule is CNc1oc(-c2ccco2)c(O)c1-c1cccc(C(F)(F)F)c1. The summed E-state index contributed by atoms with van der Waals surface area (Å²) in [6.07, 6.45) is -3.07. The molecule has 0 aliphatic carbocycles. The first-order valence-electron chi connectivity index (χ1n) is 6.67. The summed E-state index contributed by atoms with van der Waals surface area (Å²) in [5.74, 6) is 0.181. The number of rotatable bonds is 3. The number of halogens is 3. The van der Waals surface area contributed by atoms with Crippen LogP contribution in [0.5, 0.6) is 5.75 Å². The summed E-state index contributed by atoms with van der Waals surface area (Å²) in [7, 11) is 1.54. The third-order valence-corrected chi connectivity index (χ3v) is 3.33. The van der Waals surface area contributed by atoms with Crippen molar-refractivity contribution in [1.29, 1.82) is 0 Å². The molecule has 0 fully saturated rings. The smallest absolute Gasteiger partial charge is 0.416 e. The van der Waals surface area contributed by atoms with Crippen LogP contribution in [0, 0.1) is 0 Å². The van der Waals surface area contributed by atoms with Gasteiger partial charge in [0.1, 0.15) is 0 Å². The van der Waals surface area contributed by atoms with Crippen LogP contribution in [-0.4, -0.2) is 12.2 Å². The second kappa shape index (κ2) is 5.42. The third kappa shape index (κ3) is 2.65. The average molecular weight is 323 g/mol. The van der Waals surface area contributed by atoms with Gasteiger partial charge in [0, 0.05) is 7.05 Å². The topological polar surface area (TPSA) is 58.5 Å². The first kappa shape index (κ1) is 15.1. The quantitative estimate of drug-likeness (QED) is 0.714. The van der Waals surface area contributed by atoms with Gasteiger partial charge in [0.25, 0.3) is 0 Å². The van der Waals surface area contributed by atoms with Crippen molar-refractivity contribution in [2.75, 3.05) is 12.4 Å². The highest BCUT2D eigenvalue weighted by molar-refractivity contribution is 5.86. The highest BCUT2D eigenvalue weighted by atomic mass is 19.4. The van der Waals surface area contributed by atoms with Crippen molar-refractivity contribution in [3.8, 4) is 28.4 Å². The fourth-order valence-corrected chi connectivity index (χ4v) is 2.29. The van der Waals surface area contributed by atoms with Gasteiger partial charge in [-0.1, -0.05) is 12.1 Å². The van der Waals surface area contributed by atoms with Crippen LogP contribution < -0.4 is 5.32 Å². The normalized spacial score (nSPS) is 11.7. The first-order valence-corrected chi connectivity index (χ1v) is 6.67. The van der Waals surface area contributed by atoms with Crippen molar-refractivity contribution in [3.05, 3.63) is 48.2 Å². The Morgan fingerprint density at radius 1 is 1.13 bits per heavy atom. The number of anilines is 1. The molecule has 0 aliphatic heterocycles. The number of benzene rings is 1. The second-order valence-electron chi connectivity index (χ2n) is 4.79. The maximum absolute atomic E-state index is 12.9. The number of furan rings is 2. The van der Waals surface area contributed by atoms with Gasteiger partial charge in [0.2, 0.25) is 11.6 Å². The molecule has 0 bridgehead atoms. The Balaban J connectivity index is 2.17. The molecule has 4 nitrogen and oxygen atoms in total. The van der Waals surface area contributed by atoms with E-state index in [0.29, 0.717) is 0 Å². The Morgan fingerprint density at radius 3 is 2.52 bits per heavy atom. The molecule has 0 unspecified atom stereocenters. The molecule has 0 aliphatic rings. The molecular formula is C16H12F3NO3. The molecule has 0 saturated heterocycles. The van der Waals surface area contributed by atoms with Gasteiger partial charge in [0.15, 0.2) is 11.5 Å². The van der Waals surface area contributed by atoms with Crippen molar-refractivity contribution in [2.45, 2.75) is 6.18 Å². The highest BCUT2D eigenvalue weighted by Crippen LogP contribution is 2.46.